The molecule has 0 fully saturated rings. The molecule has 1 aromatic carbocycles. The lowest BCUT2D eigenvalue weighted by Gasteiger charge is -2.12. The lowest BCUT2D eigenvalue weighted by Crippen LogP contribution is -2.39. The number of aromatic nitrogens is 3. The van der Waals surface area contributed by atoms with Crippen molar-refractivity contribution in [1.82, 2.24) is 25.4 Å². The molecule has 0 amide bonds. The molecule has 0 bridgehead atoms. The Morgan fingerprint density at radius 2 is 1.93 bits per heavy atom. The standard InChI is InChI=1S/C20H28F2N6.HI/c1-23-20(25-12-10-15-14-16(21)8-9-17(15)22)24-11-5-7-19-27-26-18-6-3-2-4-13-28(18)19;/h8-9,14H,2-7,10-13H2,1H3,(H2,23,24,25);1H. The van der Waals surface area contributed by atoms with Gasteiger partial charge < -0.3 is 15.2 Å². The van der Waals surface area contributed by atoms with Crippen LogP contribution in [-0.2, 0) is 25.8 Å². The SMILES string of the molecule is CN=C(NCCCc1nnc2n1CCCCC2)NCCc1cc(F)ccc1F.I. The molecule has 0 unspecified atom stereocenters. The number of hydrogen-bond acceptors (Lipinski definition) is 3. The van der Waals surface area contributed by atoms with Gasteiger partial charge in [-0.25, -0.2) is 8.78 Å². The molecule has 0 radical (unpaired) electrons. The number of rotatable bonds is 7. The molecule has 3 rings (SSSR count). The Morgan fingerprint density at radius 1 is 1.10 bits per heavy atom. The summed E-state index contributed by atoms with van der Waals surface area (Å²) in [6.07, 6.45) is 6.83. The summed E-state index contributed by atoms with van der Waals surface area (Å²) in [5, 5.41) is 15.1. The summed E-state index contributed by atoms with van der Waals surface area (Å²) in [5.74, 6) is 2.01. The van der Waals surface area contributed by atoms with Crippen LogP contribution in [0, 0.1) is 11.6 Å². The van der Waals surface area contributed by atoms with E-state index >= 15 is 0 Å². The van der Waals surface area contributed by atoms with E-state index in [9.17, 15) is 8.78 Å². The van der Waals surface area contributed by atoms with Crippen molar-refractivity contribution in [1.29, 1.82) is 0 Å². The number of aliphatic imine (C=N–C) groups is 1. The Hall–Kier alpha value is -1.78. The molecule has 160 valence electrons. The van der Waals surface area contributed by atoms with Crippen LogP contribution in [0.5, 0.6) is 0 Å². The van der Waals surface area contributed by atoms with Gasteiger partial charge >= 0.3 is 0 Å². The van der Waals surface area contributed by atoms with Gasteiger partial charge in [0, 0.05) is 39.5 Å². The molecule has 0 aliphatic carbocycles. The van der Waals surface area contributed by atoms with E-state index in [4.69, 9.17) is 0 Å². The average molecular weight is 518 g/mol. The van der Waals surface area contributed by atoms with Gasteiger partial charge in [-0.05, 0) is 49.4 Å². The van der Waals surface area contributed by atoms with E-state index in [0.717, 1.165) is 56.1 Å². The second-order valence-corrected chi connectivity index (χ2v) is 7.01. The molecule has 0 spiro atoms. The molecule has 2 heterocycles. The normalized spacial score (nSPS) is 14.0. The molecule has 1 aliphatic rings. The third-order valence-electron chi connectivity index (χ3n) is 4.97. The number of nitrogens with one attached hydrogen (secondary N) is 2. The Kier molecular flexibility index (Phi) is 9.75. The maximum Gasteiger partial charge on any atom is 0.190 e. The number of benzene rings is 1. The molecule has 1 aliphatic heterocycles. The van der Waals surface area contributed by atoms with Gasteiger partial charge in [0.1, 0.15) is 23.3 Å². The van der Waals surface area contributed by atoms with Crippen molar-refractivity contribution in [2.45, 2.75) is 51.5 Å². The Labute approximate surface area is 187 Å². The molecule has 29 heavy (non-hydrogen) atoms. The summed E-state index contributed by atoms with van der Waals surface area (Å²) in [4.78, 5) is 4.17. The third kappa shape index (κ3) is 6.90. The van der Waals surface area contributed by atoms with Gasteiger partial charge in [0.05, 0.1) is 0 Å². The van der Waals surface area contributed by atoms with Crippen LogP contribution >= 0.6 is 24.0 Å². The van der Waals surface area contributed by atoms with Crippen LogP contribution < -0.4 is 10.6 Å². The van der Waals surface area contributed by atoms with Gasteiger partial charge in [0.2, 0.25) is 0 Å². The highest BCUT2D eigenvalue weighted by molar-refractivity contribution is 14.0. The lowest BCUT2D eigenvalue weighted by atomic mass is 10.1. The zero-order chi connectivity index (χ0) is 19.8. The van der Waals surface area contributed by atoms with Crippen molar-refractivity contribution >= 4 is 29.9 Å². The van der Waals surface area contributed by atoms with E-state index in [1.807, 2.05) is 0 Å². The number of hydrogen-bond donors (Lipinski definition) is 2. The highest BCUT2D eigenvalue weighted by Crippen LogP contribution is 2.15. The fourth-order valence-electron chi connectivity index (χ4n) is 3.45. The van der Waals surface area contributed by atoms with E-state index in [1.165, 1.54) is 25.3 Å². The molecule has 0 saturated heterocycles. The molecule has 9 heteroatoms. The number of fused-ring (bicyclic) bond motifs is 1. The van der Waals surface area contributed by atoms with Crippen LogP contribution in [0.4, 0.5) is 8.78 Å². The van der Waals surface area contributed by atoms with E-state index in [1.54, 1.807) is 7.05 Å². The van der Waals surface area contributed by atoms with Gasteiger partial charge in [-0.15, -0.1) is 34.2 Å². The largest absolute Gasteiger partial charge is 0.356 e. The summed E-state index contributed by atoms with van der Waals surface area (Å²) in [6, 6.07) is 3.51. The first-order valence-electron chi connectivity index (χ1n) is 9.97. The van der Waals surface area contributed by atoms with Gasteiger partial charge in [0.15, 0.2) is 5.96 Å². The van der Waals surface area contributed by atoms with Gasteiger partial charge in [0.25, 0.3) is 0 Å². The highest BCUT2D eigenvalue weighted by Gasteiger charge is 2.14. The third-order valence-corrected chi connectivity index (χ3v) is 4.97. The minimum atomic E-state index is -0.426. The first-order chi connectivity index (χ1) is 13.7. The summed E-state index contributed by atoms with van der Waals surface area (Å²) in [6.45, 7) is 2.24. The zero-order valence-corrected chi connectivity index (χ0v) is 19.1. The molecule has 6 nitrogen and oxygen atoms in total. The minimum absolute atomic E-state index is 0. The van der Waals surface area contributed by atoms with Crippen LogP contribution in [0.2, 0.25) is 0 Å². The second-order valence-electron chi connectivity index (χ2n) is 7.01. The summed E-state index contributed by atoms with van der Waals surface area (Å²) in [5.41, 5.74) is 0.357. The van der Waals surface area contributed by atoms with Crippen molar-refractivity contribution in [3.05, 3.63) is 47.0 Å². The van der Waals surface area contributed by atoms with Gasteiger partial charge in [-0.1, -0.05) is 6.42 Å². The van der Waals surface area contributed by atoms with Crippen LogP contribution in [0.15, 0.2) is 23.2 Å². The molecular formula is C20H29F2IN6. The predicted octanol–water partition coefficient (Wildman–Crippen LogP) is 3.24. The summed E-state index contributed by atoms with van der Waals surface area (Å²) >= 11 is 0. The maximum absolute atomic E-state index is 13.7. The first kappa shape index (κ1) is 23.5. The lowest BCUT2D eigenvalue weighted by molar-refractivity contribution is 0.582. The van der Waals surface area contributed by atoms with E-state index in [2.05, 4.69) is 30.4 Å². The fourth-order valence-corrected chi connectivity index (χ4v) is 3.45. The van der Waals surface area contributed by atoms with Crippen molar-refractivity contribution < 1.29 is 8.78 Å². The van der Waals surface area contributed by atoms with E-state index < -0.39 is 11.6 Å². The van der Waals surface area contributed by atoms with Crippen molar-refractivity contribution in [2.75, 3.05) is 20.1 Å². The fraction of sp³-hybridized carbons (Fsp3) is 0.550. The van der Waals surface area contributed by atoms with Crippen molar-refractivity contribution in [3.63, 3.8) is 0 Å². The summed E-state index contributed by atoms with van der Waals surface area (Å²) < 4.78 is 29.1. The minimum Gasteiger partial charge on any atom is -0.356 e. The Balaban J connectivity index is 0.00000300. The smallest absolute Gasteiger partial charge is 0.190 e. The molecule has 2 aromatic rings. The van der Waals surface area contributed by atoms with Crippen molar-refractivity contribution in [3.8, 4) is 0 Å². The molecular weight excluding hydrogens is 489 g/mol. The number of guanidine groups is 1. The highest BCUT2D eigenvalue weighted by atomic mass is 127. The molecule has 0 saturated carbocycles. The number of nitrogens with zero attached hydrogens (tertiary/aromatic N) is 4. The number of aryl methyl sites for hydroxylation is 2. The van der Waals surface area contributed by atoms with Gasteiger partial charge in [-0.2, -0.15) is 0 Å². The Morgan fingerprint density at radius 3 is 2.76 bits per heavy atom. The quantitative estimate of drug-likeness (QED) is 0.256. The average Bonchev–Trinajstić information content (AvgIpc) is 2.92. The predicted molar refractivity (Wildman–Crippen MR) is 121 cm³/mol. The molecule has 1 aromatic heterocycles. The van der Waals surface area contributed by atoms with Crippen LogP contribution in [0.1, 0.15) is 42.9 Å². The molecule has 0 atom stereocenters. The van der Waals surface area contributed by atoms with Crippen LogP contribution in [0.25, 0.3) is 0 Å². The van der Waals surface area contributed by atoms with Crippen molar-refractivity contribution in [2.24, 2.45) is 4.99 Å². The first-order valence-corrected chi connectivity index (χ1v) is 9.97. The second kappa shape index (κ2) is 12.0. The summed E-state index contributed by atoms with van der Waals surface area (Å²) in [7, 11) is 1.69. The van der Waals surface area contributed by atoms with Crippen LogP contribution in [-0.4, -0.2) is 40.9 Å². The monoisotopic (exact) mass is 518 g/mol. The number of halogens is 3. The van der Waals surface area contributed by atoms with Crippen LogP contribution in [0.3, 0.4) is 0 Å². The topological polar surface area (TPSA) is 67.1 Å². The zero-order valence-electron chi connectivity index (χ0n) is 16.8. The van der Waals surface area contributed by atoms with E-state index in [-0.39, 0.29) is 24.0 Å². The van der Waals surface area contributed by atoms with Gasteiger partial charge in [-0.3, -0.25) is 4.99 Å². The molecule has 2 N–H and O–H groups in total. The Bertz CT molecular complexity index is 808. The van der Waals surface area contributed by atoms with E-state index in [0.29, 0.717) is 24.5 Å². The maximum atomic E-state index is 13.7.